The lowest BCUT2D eigenvalue weighted by molar-refractivity contribution is 0.0661. The van der Waals surface area contributed by atoms with Crippen LogP contribution in [0.1, 0.15) is 41.3 Å². The molecule has 2 atom stereocenters. The highest BCUT2D eigenvalue weighted by Gasteiger charge is 2.34. The van der Waals surface area contributed by atoms with Gasteiger partial charge in [-0.3, -0.25) is 9.78 Å². The third kappa shape index (κ3) is 6.77. The zero-order valence-corrected chi connectivity index (χ0v) is 23.2. The van der Waals surface area contributed by atoms with Crippen LogP contribution in [0.25, 0.3) is 6.08 Å². The number of hydrogen-bond donors (Lipinski definition) is 1. The van der Waals surface area contributed by atoms with Crippen LogP contribution in [0.4, 0.5) is 8.78 Å². The Labute approximate surface area is 233 Å². The fourth-order valence-corrected chi connectivity index (χ4v) is 5.18. The maximum absolute atomic E-state index is 14.5. The Morgan fingerprint density at radius 3 is 2.35 bits per heavy atom. The molecule has 212 valence electrons. The second-order valence-electron chi connectivity index (χ2n) is 9.83. The first kappa shape index (κ1) is 29.0. The van der Waals surface area contributed by atoms with E-state index in [0.29, 0.717) is 29.2 Å². The van der Waals surface area contributed by atoms with Gasteiger partial charge in [-0.1, -0.05) is 11.6 Å². The van der Waals surface area contributed by atoms with Crippen molar-refractivity contribution in [2.24, 2.45) is 0 Å². The van der Waals surface area contributed by atoms with Gasteiger partial charge in [-0.25, -0.2) is 8.78 Å². The molecule has 1 aromatic heterocycles. The number of methoxy groups -OCH3 is 3. The average Bonchev–Trinajstić information content (AvgIpc) is 3.50. The van der Waals surface area contributed by atoms with Gasteiger partial charge in [-0.15, -0.1) is 0 Å². The Hall–Kier alpha value is -3.98. The lowest BCUT2D eigenvalue weighted by Crippen LogP contribution is -2.52. The molecule has 1 aliphatic rings. The molecule has 0 radical (unpaired) electrons. The van der Waals surface area contributed by atoms with Crippen molar-refractivity contribution in [1.29, 1.82) is 0 Å². The van der Waals surface area contributed by atoms with Crippen LogP contribution in [0.3, 0.4) is 0 Å². The minimum atomic E-state index is -0.660. The quantitative estimate of drug-likeness (QED) is 0.349. The Bertz CT molecular complexity index is 1320. The number of aromatic nitrogens is 1. The van der Waals surface area contributed by atoms with Gasteiger partial charge in [0.25, 0.3) is 5.91 Å². The van der Waals surface area contributed by atoms with E-state index in [1.807, 2.05) is 24.0 Å². The lowest BCUT2D eigenvalue weighted by Gasteiger charge is -2.36. The van der Waals surface area contributed by atoms with Crippen LogP contribution in [-0.2, 0) is 6.42 Å². The predicted molar refractivity (Wildman–Crippen MR) is 150 cm³/mol. The largest absolute Gasteiger partial charge is 0.493 e. The zero-order valence-electron chi connectivity index (χ0n) is 23.2. The number of nitrogens with zero attached hydrogens (tertiary/aromatic N) is 2. The molecule has 40 heavy (non-hydrogen) atoms. The molecule has 1 fully saturated rings. The van der Waals surface area contributed by atoms with Crippen molar-refractivity contribution >= 4 is 12.0 Å². The first-order valence-electron chi connectivity index (χ1n) is 13.2. The molecule has 2 aromatic carbocycles. The van der Waals surface area contributed by atoms with Gasteiger partial charge < -0.3 is 24.4 Å². The molecular weight excluding hydrogens is 516 g/mol. The van der Waals surface area contributed by atoms with E-state index in [0.717, 1.165) is 36.6 Å². The summed E-state index contributed by atoms with van der Waals surface area (Å²) in [5, 5.41) is 3.57. The summed E-state index contributed by atoms with van der Waals surface area (Å²) in [5.41, 5.74) is 2.41. The fourth-order valence-electron chi connectivity index (χ4n) is 5.18. The van der Waals surface area contributed by atoms with Crippen LogP contribution in [-0.4, -0.2) is 62.3 Å². The molecule has 9 heteroatoms. The summed E-state index contributed by atoms with van der Waals surface area (Å²) in [6, 6.07) is 10.5. The van der Waals surface area contributed by atoms with Crippen molar-refractivity contribution in [3.63, 3.8) is 0 Å². The van der Waals surface area contributed by atoms with Crippen LogP contribution < -0.4 is 19.5 Å². The first-order valence-corrected chi connectivity index (χ1v) is 13.2. The molecule has 0 spiro atoms. The molecule has 4 rings (SSSR count). The third-order valence-electron chi connectivity index (χ3n) is 7.11. The topological polar surface area (TPSA) is 72.9 Å². The molecule has 1 saturated heterocycles. The van der Waals surface area contributed by atoms with Crippen molar-refractivity contribution in [2.75, 3.05) is 34.4 Å². The molecule has 0 aliphatic carbocycles. The first-order chi connectivity index (χ1) is 19.3. The number of halogens is 2. The Morgan fingerprint density at radius 2 is 1.77 bits per heavy atom. The molecule has 1 N–H and O–H groups in total. The number of pyridine rings is 1. The molecule has 1 amide bonds. The second kappa shape index (κ2) is 13.4. The number of rotatable bonds is 11. The Morgan fingerprint density at radius 1 is 1.07 bits per heavy atom. The number of carbonyl (C=O) groups is 1. The van der Waals surface area contributed by atoms with E-state index in [1.54, 1.807) is 30.6 Å². The summed E-state index contributed by atoms with van der Waals surface area (Å²) < 4.78 is 44.4. The molecule has 1 unspecified atom stereocenters. The summed E-state index contributed by atoms with van der Waals surface area (Å²) in [7, 11) is 4.51. The summed E-state index contributed by atoms with van der Waals surface area (Å²) in [4.78, 5) is 20.3. The van der Waals surface area contributed by atoms with E-state index >= 15 is 0 Å². The minimum absolute atomic E-state index is 0.0505. The van der Waals surface area contributed by atoms with Crippen LogP contribution >= 0.6 is 0 Å². The number of carbonyl (C=O) groups excluding carboxylic acids is 1. The normalized spacial score (nSPS) is 15.9. The zero-order chi connectivity index (χ0) is 28.6. The van der Waals surface area contributed by atoms with E-state index in [1.165, 1.54) is 33.5 Å². The van der Waals surface area contributed by atoms with Gasteiger partial charge >= 0.3 is 0 Å². The van der Waals surface area contributed by atoms with Gasteiger partial charge in [0.05, 0.1) is 27.4 Å². The number of amides is 1. The van der Waals surface area contributed by atoms with E-state index in [4.69, 9.17) is 14.2 Å². The fraction of sp³-hybridized carbons (Fsp3) is 0.355. The van der Waals surface area contributed by atoms with E-state index in [-0.39, 0.29) is 30.1 Å². The van der Waals surface area contributed by atoms with E-state index in [2.05, 4.69) is 10.3 Å². The summed E-state index contributed by atoms with van der Waals surface area (Å²) in [6.45, 7) is 2.92. The van der Waals surface area contributed by atoms with Crippen LogP contribution in [0.2, 0.25) is 0 Å². The van der Waals surface area contributed by atoms with Crippen LogP contribution in [0.5, 0.6) is 17.2 Å². The summed E-state index contributed by atoms with van der Waals surface area (Å²) in [6.07, 6.45) is 7.62. The summed E-state index contributed by atoms with van der Waals surface area (Å²) in [5.74, 6) is -0.407. The SMILES string of the molecule is COc1cc(C(=O)N(CC(C)=Cc2ccc(F)cc2F)[C@@H](Cc2ccncc2)C2CCCN2)cc(OC)c1OC. The van der Waals surface area contributed by atoms with Gasteiger partial charge in [0.15, 0.2) is 11.5 Å². The molecule has 0 bridgehead atoms. The highest BCUT2D eigenvalue weighted by Crippen LogP contribution is 2.39. The molecular formula is C31H35F2N3O4. The standard InChI is InChI=1S/C31H35F2N3O4/c1-20(14-22-7-8-24(32)18-25(22)33)19-36(27(26-6-5-11-35-26)15-21-9-12-34-13-10-21)31(37)23-16-28(38-2)30(40-4)29(17-23)39-3/h7-10,12-14,16-18,26-27,35H,5-6,11,15,19H2,1-4H3/t26?,27-/m0/s1. The highest BCUT2D eigenvalue weighted by atomic mass is 19.1. The second-order valence-corrected chi connectivity index (χ2v) is 9.83. The number of hydrogen-bond acceptors (Lipinski definition) is 6. The average molecular weight is 552 g/mol. The smallest absolute Gasteiger partial charge is 0.254 e. The monoisotopic (exact) mass is 551 g/mol. The highest BCUT2D eigenvalue weighted by molar-refractivity contribution is 5.96. The van der Waals surface area contributed by atoms with Gasteiger partial charge in [-0.2, -0.15) is 0 Å². The van der Waals surface area contributed by atoms with Gasteiger partial charge in [0.1, 0.15) is 11.6 Å². The van der Waals surface area contributed by atoms with Crippen LogP contribution in [0, 0.1) is 11.6 Å². The van der Waals surface area contributed by atoms with E-state index < -0.39 is 11.6 Å². The van der Waals surface area contributed by atoms with Crippen LogP contribution in [0.15, 0.2) is 60.4 Å². The lowest BCUT2D eigenvalue weighted by atomic mass is 9.95. The van der Waals surface area contributed by atoms with Gasteiger partial charge in [0, 0.05) is 42.2 Å². The molecule has 0 saturated carbocycles. The number of ether oxygens (including phenoxy) is 3. The Kier molecular flexibility index (Phi) is 9.71. The van der Waals surface area contributed by atoms with Crippen molar-refractivity contribution < 1.29 is 27.8 Å². The predicted octanol–water partition coefficient (Wildman–Crippen LogP) is 5.29. The third-order valence-corrected chi connectivity index (χ3v) is 7.11. The maximum Gasteiger partial charge on any atom is 0.254 e. The maximum atomic E-state index is 14.5. The Balaban J connectivity index is 1.78. The van der Waals surface area contributed by atoms with Crippen molar-refractivity contribution in [2.45, 2.75) is 38.3 Å². The molecule has 2 heterocycles. The van der Waals surface area contributed by atoms with E-state index in [9.17, 15) is 13.6 Å². The minimum Gasteiger partial charge on any atom is -0.493 e. The van der Waals surface area contributed by atoms with Gasteiger partial charge in [-0.05, 0) is 74.7 Å². The summed E-state index contributed by atoms with van der Waals surface area (Å²) >= 11 is 0. The number of nitrogens with one attached hydrogen (secondary N) is 1. The van der Waals surface area contributed by atoms with Gasteiger partial charge in [0.2, 0.25) is 5.75 Å². The molecule has 7 nitrogen and oxygen atoms in total. The van der Waals surface area contributed by atoms with Crippen molar-refractivity contribution in [3.8, 4) is 17.2 Å². The van der Waals surface area contributed by atoms with Crippen molar-refractivity contribution in [1.82, 2.24) is 15.2 Å². The molecule has 3 aromatic rings. The molecule has 1 aliphatic heterocycles. The van der Waals surface area contributed by atoms with Crippen molar-refractivity contribution in [3.05, 3.63) is 88.8 Å². The number of benzene rings is 2.